The Labute approximate surface area is 82.5 Å². The van der Waals surface area contributed by atoms with Crippen molar-refractivity contribution in [2.75, 3.05) is 5.73 Å². The maximum atomic E-state index is 5.93. The van der Waals surface area contributed by atoms with Gasteiger partial charge >= 0.3 is 0 Å². The molecule has 0 spiro atoms. The van der Waals surface area contributed by atoms with E-state index in [1.807, 2.05) is 22.8 Å². The molecule has 72 valence electrons. The number of nitrogens with zero attached hydrogens (tertiary/aromatic N) is 2. The van der Waals surface area contributed by atoms with Crippen molar-refractivity contribution in [3.8, 4) is 0 Å². The zero-order valence-electron chi connectivity index (χ0n) is 7.98. The van der Waals surface area contributed by atoms with Gasteiger partial charge in [0.05, 0.1) is 5.52 Å². The first kappa shape index (κ1) is 7.85. The Balaban J connectivity index is 2.24. The van der Waals surface area contributed by atoms with Gasteiger partial charge in [0.25, 0.3) is 0 Å². The summed E-state index contributed by atoms with van der Waals surface area (Å²) in [4.78, 5) is 0. The highest BCUT2D eigenvalue weighted by molar-refractivity contribution is 5.65. The molecule has 2 N–H and O–H groups in total. The van der Waals surface area contributed by atoms with Gasteiger partial charge in [0.2, 0.25) is 0 Å². The average molecular weight is 187 g/mol. The van der Waals surface area contributed by atoms with Crippen LogP contribution in [0.2, 0.25) is 0 Å². The normalized spacial score (nSPS) is 17.1. The van der Waals surface area contributed by atoms with E-state index in [9.17, 15) is 0 Å². The number of nitrogens with two attached hydrogens (primary N) is 1. The van der Waals surface area contributed by atoms with Crippen molar-refractivity contribution in [2.24, 2.45) is 0 Å². The molecule has 0 radical (unpaired) electrons. The van der Waals surface area contributed by atoms with Crippen LogP contribution in [-0.2, 0) is 0 Å². The fourth-order valence-electron chi connectivity index (χ4n) is 2.15. The van der Waals surface area contributed by atoms with Crippen molar-refractivity contribution in [1.29, 1.82) is 0 Å². The second-order valence-electron chi connectivity index (χ2n) is 3.96. The van der Waals surface area contributed by atoms with E-state index in [0.717, 1.165) is 0 Å². The number of hydrogen-bond donors (Lipinski definition) is 1. The Hall–Kier alpha value is -1.51. The van der Waals surface area contributed by atoms with Gasteiger partial charge in [0.15, 0.2) is 0 Å². The fourth-order valence-corrected chi connectivity index (χ4v) is 2.15. The quantitative estimate of drug-likeness (QED) is 0.743. The molecular formula is C11H13N3. The molecule has 14 heavy (non-hydrogen) atoms. The zero-order valence-corrected chi connectivity index (χ0v) is 7.98. The average Bonchev–Trinajstić information content (AvgIpc) is 2.41. The highest BCUT2D eigenvalue weighted by atomic mass is 15.2. The van der Waals surface area contributed by atoms with Crippen LogP contribution in [0.3, 0.4) is 0 Å². The Morgan fingerprint density at radius 2 is 2.21 bits per heavy atom. The molecule has 1 aliphatic rings. The van der Waals surface area contributed by atoms with Crippen LogP contribution in [0, 0.1) is 0 Å². The maximum absolute atomic E-state index is 5.93. The Morgan fingerprint density at radius 3 is 2.93 bits per heavy atom. The van der Waals surface area contributed by atoms with E-state index in [2.05, 4.69) is 11.2 Å². The third kappa shape index (κ3) is 0.953. The molecule has 3 nitrogen and oxygen atoms in total. The number of aromatic nitrogens is 2. The molecule has 2 aromatic rings. The smallest absolute Gasteiger partial charge is 0.149 e. The van der Waals surface area contributed by atoms with Gasteiger partial charge < -0.3 is 5.73 Å². The first-order valence-electron chi connectivity index (χ1n) is 5.09. The number of anilines is 1. The summed E-state index contributed by atoms with van der Waals surface area (Å²) in [5.41, 5.74) is 8.37. The highest BCUT2D eigenvalue weighted by Gasteiger charge is 2.25. The summed E-state index contributed by atoms with van der Waals surface area (Å²) in [5.74, 6) is 1.36. The number of fused-ring (bicyclic) bond motifs is 1. The summed E-state index contributed by atoms with van der Waals surface area (Å²) < 4.78 is 1.88. The van der Waals surface area contributed by atoms with Crippen LogP contribution in [0.5, 0.6) is 0 Å². The van der Waals surface area contributed by atoms with Crippen LogP contribution >= 0.6 is 0 Å². The molecule has 3 rings (SSSR count). The van der Waals surface area contributed by atoms with E-state index in [1.54, 1.807) is 0 Å². The number of nitrogen functional groups attached to an aromatic ring is 1. The first-order chi connectivity index (χ1) is 6.86. The molecule has 0 atom stereocenters. The van der Waals surface area contributed by atoms with Gasteiger partial charge in [-0.15, -0.1) is 0 Å². The van der Waals surface area contributed by atoms with Crippen molar-refractivity contribution in [2.45, 2.75) is 25.2 Å². The number of hydrogen-bond acceptors (Lipinski definition) is 2. The minimum absolute atomic E-state index is 0.648. The number of pyridine rings is 1. The number of rotatable bonds is 1. The minimum atomic E-state index is 0.648. The maximum Gasteiger partial charge on any atom is 0.149 e. The Bertz CT molecular complexity index is 468. The highest BCUT2D eigenvalue weighted by Crippen LogP contribution is 2.40. The van der Waals surface area contributed by atoms with E-state index in [1.165, 1.54) is 30.3 Å². The van der Waals surface area contributed by atoms with Gasteiger partial charge in [-0.3, -0.25) is 0 Å². The molecular weight excluding hydrogens is 174 g/mol. The molecule has 3 heteroatoms. The Kier molecular flexibility index (Phi) is 1.54. The van der Waals surface area contributed by atoms with Crippen molar-refractivity contribution in [1.82, 2.24) is 9.61 Å². The molecule has 0 saturated heterocycles. The van der Waals surface area contributed by atoms with Crippen molar-refractivity contribution < 1.29 is 0 Å². The molecule has 0 amide bonds. The van der Waals surface area contributed by atoms with Crippen molar-refractivity contribution in [3.63, 3.8) is 0 Å². The van der Waals surface area contributed by atoms with Gasteiger partial charge in [-0.2, -0.15) is 5.10 Å². The zero-order chi connectivity index (χ0) is 9.54. The van der Waals surface area contributed by atoms with E-state index in [0.29, 0.717) is 11.7 Å². The third-order valence-corrected chi connectivity index (χ3v) is 3.12. The summed E-state index contributed by atoms with van der Waals surface area (Å²) in [6.45, 7) is 0. The van der Waals surface area contributed by atoms with Gasteiger partial charge in [-0.1, -0.05) is 12.5 Å². The molecule has 2 heterocycles. The van der Waals surface area contributed by atoms with E-state index < -0.39 is 0 Å². The predicted molar refractivity (Wildman–Crippen MR) is 56.2 cm³/mol. The fraction of sp³-hybridized carbons (Fsp3) is 0.364. The Morgan fingerprint density at radius 1 is 1.36 bits per heavy atom. The lowest BCUT2D eigenvalue weighted by molar-refractivity contribution is 0.423. The molecule has 0 aromatic carbocycles. The van der Waals surface area contributed by atoms with Gasteiger partial charge in [-0.25, -0.2) is 4.52 Å². The third-order valence-electron chi connectivity index (χ3n) is 3.12. The molecule has 0 aliphatic heterocycles. The summed E-state index contributed by atoms with van der Waals surface area (Å²) in [6, 6.07) is 6.11. The van der Waals surface area contributed by atoms with Crippen LogP contribution in [0.4, 0.5) is 5.82 Å². The lowest BCUT2D eigenvalue weighted by Crippen LogP contribution is -2.10. The molecule has 1 fully saturated rings. The topological polar surface area (TPSA) is 43.3 Å². The standard InChI is InChI=1S/C11H13N3/c12-11-10(8-4-3-5-8)9-6-1-2-7-14(9)13-11/h1-2,6-8H,3-5H2,(H2,12,13). The van der Waals surface area contributed by atoms with Gasteiger partial charge in [-0.05, 0) is 30.9 Å². The van der Waals surface area contributed by atoms with E-state index >= 15 is 0 Å². The monoisotopic (exact) mass is 187 g/mol. The lowest BCUT2D eigenvalue weighted by Gasteiger charge is -2.25. The van der Waals surface area contributed by atoms with Crippen LogP contribution in [0.1, 0.15) is 30.7 Å². The van der Waals surface area contributed by atoms with E-state index in [-0.39, 0.29) is 0 Å². The summed E-state index contributed by atoms with van der Waals surface area (Å²) in [7, 11) is 0. The predicted octanol–water partition coefficient (Wildman–Crippen LogP) is 2.18. The first-order valence-corrected chi connectivity index (χ1v) is 5.09. The van der Waals surface area contributed by atoms with Crippen molar-refractivity contribution in [3.05, 3.63) is 30.0 Å². The molecule has 2 aromatic heterocycles. The second-order valence-corrected chi connectivity index (χ2v) is 3.96. The second kappa shape index (κ2) is 2.74. The lowest BCUT2D eigenvalue weighted by atomic mass is 9.80. The minimum Gasteiger partial charge on any atom is -0.382 e. The van der Waals surface area contributed by atoms with Gasteiger partial charge in [0, 0.05) is 11.8 Å². The molecule has 0 bridgehead atoms. The largest absolute Gasteiger partial charge is 0.382 e. The van der Waals surface area contributed by atoms with Crippen molar-refractivity contribution >= 4 is 11.3 Å². The van der Waals surface area contributed by atoms with Crippen LogP contribution < -0.4 is 5.73 Å². The van der Waals surface area contributed by atoms with Crippen LogP contribution in [0.25, 0.3) is 5.52 Å². The molecule has 1 aliphatic carbocycles. The summed E-state index contributed by atoms with van der Waals surface area (Å²) in [5, 5.41) is 4.31. The molecule has 0 unspecified atom stereocenters. The summed E-state index contributed by atoms with van der Waals surface area (Å²) >= 11 is 0. The van der Waals surface area contributed by atoms with Crippen LogP contribution in [0.15, 0.2) is 24.4 Å². The van der Waals surface area contributed by atoms with Crippen LogP contribution in [-0.4, -0.2) is 9.61 Å². The van der Waals surface area contributed by atoms with E-state index in [4.69, 9.17) is 5.73 Å². The molecule has 1 saturated carbocycles. The SMILES string of the molecule is Nc1nn2ccccc2c1C1CCC1. The van der Waals surface area contributed by atoms with Gasteiger partial charge in [0.1, 0.15) is 5.82 Å². The summed E-state index contributed by atoms with van der Waals surface area (Å²) in [6.07, 6.45) is 5.81.